The van der Waals surface area contributed by atoms with Gasteiger partial charge in [-0.25, -0.2) is 9.97 Å². The lowest BCUT2D eigenvalue weighted by Gasteiger charge is -2.08. The summed E-state index contributed by atoms with van der Waals surface area (Å²) >= 11 is 1.32. The van der Waals surface area contributed by atoms with E-state index in [0.29, 0.717) is 22.2 Å². The van der Waals surface area contributed by atoms with E-state index in [2.05, 4.69) is 9.97 Å². The predicted molar refractivity (Wildman–Crippen MR) is 74.8 cm³/mol. The van der Waals surface area contributed by atoms with Crippen LogP contribution in [0.5, 0.6) is 5.75 Å². The number of thioether (sulfide) groups is 1. The Hall–Kier alpha value is -1.88. The number of aryl methyl sites for hydroxylation is 1. The Bertz CT molecular complexity index is 573. The van der Waals surface area contributed by atoms with Crippen LogP contribution in [-0.4, -0.2) is 28.6 Å². The van der Waals surface area contributed by atoms with E-state index in [1.807, 2.05) is 19.1 Å². The molecule has 1 heterocycles. The van der Waals surface area contributed by atoms with E-state index >= 15 is 0 Å². The Kier molecular flexibility index (Phi) is 4.52. The van der Waals surface area contributed by atoms with Crippen molar-refractivity contribution in [1.82, 2.24) is 9.97 Å². The monoisotopic (exact) mass is 274 g/mol. The molecular formula is C14H14N2O2S. The molecule has 4 nitrogen and oxygen atoms in total. The normalized spacial score (nSPS) is 10.2. The molecule has 0 saturated carbocycles. The van der Waals surface area contributed by atoms with E-state index in [-0.39, 0.29) is 5.78 Å². The smallest absolute Gasteiger partial charge is 0.187 e. The summed E-state index contributed by atoms with van der Waals surface area (Å²) in [6.07, 6.45) is 3.32. The number of nitrogens with zero attached hydrogens (tertiary/aromatic N) is 2. The van der Waals surface area contributed by atoms with Crippen molar-refractivity contribution in [1.29, 1.82) is 0 Å². The van der Waals surface area contributed by atoms with Gasteiger partial charge in [-0.3, -0.25) is 4.79 Å². The highest BCUT2D eigenvalue weighted by molar-refractivity contribution is 7.99. The van der Waals surface area contributed by atoms with Gasteiger partial charge in [0.2, 0.25) is 0 Å². The molecule has 0 aliphatic rings. The van der Waals surface area contributed by atoms with Crippen molar-refractivity contribution in [2.45, 2.75) is 12.1 Å². The van der Waals surface area contributed by atoms with Crippen molar-refractivity contribution in [2.75, 3.05) is 12.9 Å². The maximum absolute atomic E-state index is 12.2. The molecule has 2 rings (SSSR count). The largest absolute Gasteiger partial charge is 0.496 e. The van der Waals surface area contributed by atoms with Crippen molar-refractivity contribution in [3.05, 3.63) is 47.8 Å². The predicted octanol–water partition coefficient (Wildman–Crippen LogP) is 2.77. The van der Waals surface area contributed by atoms with E-state index < -0.39 is 0 Å². The molecule has 0 unspecified atom stereocenters. The third kappa shape index (κ3) is 3.54. The van der Waals surface area contributed by atoms with Crippen LogP contribution in [0.4, 0.5) is 0 Å². The van der Waals surface area contributed by atoms with Gasteiger partial charge in [-0.2, -0.15) is 0 Å². The number of carbonyl (C=O) groups excluding carboxylic acids is 1. The van der Waals surface area contributed by atoms with E-state index in [4.69, 9.17) is 4.74 Å². The SMILES string of the molecule is COc1cc(C)ccc1C(=O)CSc1ncccn1. The fraction of sp³-hybridized carbons (Fsp3) is 0.214. The summed E-state index contributed by atoms with van der Waals surface area (Å²) in [6.45, 7) is 1.96. The third-order valence-corrected chi connectivity index (χ3v) is 3.41. The number of ketones is 1. The van der Waals surface area contributed by atoms with E-state index in [1.165, 1.54) is 11.8 Å². The molecular weight excluding hydrogens is 260 g/mol. The van der Waals surface area contributed by atoms with Crippen molar-refractivity contribution >= 4 is 17.5 Å². The molecule has 1 aromatic heterocycles. The first-order valence-corrected chi connectivity index (χ1v) is 6.77. The van der Waals surface area contributed by atoms with Gasteiger partial charge in [-0.1, -0.05) is 17.8 Å². The van der Waals surface area contributed by atoms with Crippen LogP contribution < -0.4 is 4.74 Å². The summed E-state index contributed by atoms with van der Waals surface area (Å²) in [5.41, 5.74) is 1.66. The Morgan fingerprint density at radius 2 is 2.05 bits per heavy atom. The fourth-order valence-corrected chi connectivity index (χ4v) is 2.28. The molecule has 0 bridgehead atoms. The lowest BCUT2D eigenvalue weighted by molar-refractivity contribution is 0.101. The van der Waals surface area contributed by atoms with Crippen LogP contribution in [-0.2, 0) is 0 Å². The summed E-state index contributed by atoms with van der Waals surface area (Å²) in [4.78, 5) is 20.3. The summed E-state index contributed by atoms with van der Waals surface area (Å²) in [6, 6.07) is 7.30. The zero-order valence-corrected chi connectivity index (χ0v) is 11.6. The minimum absolute atomic E-state index is 0.00861. The molecule has 0 spiro atoms. The molecule has 0 fully saturated rings. The van der Waals surface area contributed by atoms with Crippen LogP contribution in [0.3, 0.4) is 0 Å². The molecule has 0 atom stereocenters. The topological polar surface area (TPSA) is 52.1 Å². The highest BCUT2D eigenvalue weighted by Gasteiger charge is 2.13. The quantitative estimate of drug-likeness (QED) is 0.477. The molecule has 0 aliphatic heterocycles. The summed E-state index contributed by atoms with van der Waals surface area (Å²) < 4.78 is 5.24. The maximum Gasteiger partial charge on any atom is 0.187 e. The van der Waals surface area contributed by atoms with Gasteiger partial charge in [0.1, 0.15) is 5.75 Å². The molecule has 0 amide bonds. The average molecular weight is 274 g/mol. The summed E-state index contributed by atoms with van der Waals surface area (Å²) in [7, 11) is 1.57. The summed E-state index contributed by atoms with van der Waals surface area (Å²) in [5, 5.41) is 0.599. The lowest BCUT2D eigenvalue weighted by atomic mass is 10.1. The Balaban J connectivity index is 2.08. The van der Waals surface area contributed by atoms with Gasteiger partial charge in [0.25, 0.3) is 0 Å². The Morgan fingerprint density at radius 1 is 1.32 bits per heavy atom. The van der Waals surface area contributed by atoms with E-state index in [9.17, 15) is 4.79 Å². The lowest BCUT2D eigenvalue weighted by Crippen LogP contribution is -2.05. The number of Topliss-reactive ketones (excluding diaryl/α,β-unsaturated/α-hetero) is 1. The first-order valence-electron chi connectivity index (χ1n) is 5.78. The van der Waals surface area contributed by atoms with Crippen molar-refractivity contribution in [3.63, 3.8) is 0 Å². The zero-order chi connectivity index (χ0) is 13.7. The Labute approximate surface area is 116 Å². The number of carbonyl (C=O) groups is 1. The van der Waals surface area contributed by atoms with Crippen LogP contribution in [0, 0.1) is 6.92 Å². The van der Waals surface area contributed by atoms with Gasteiger partial charge in [0.05, 0.1) is 18.4 Å². The number of hydrogen-bond acceptors (Lipinski definition) is 5. The van der Waals surface area contributed by atoms with Crippen molar-refractivity contribution in [2.24, 2.45) is 0 Å². The van der Waals surface area contributed by atoms with Gasteiger partial charge in [-0.15, -0.1) is 0 Å². The number of methoxy groups -OCH3 is 1. The molecule has 0 aliphatic carbocycles. The number of benzene rings is 1. The second-order valence-corrected chi connectivity index (χ2v) is 4.89. The van der Waals surface area contributed by atoms with Crippen LogP contribution in [0.15, 0.2) is 41.8 Å². The van der Waals surface area contributed by atoms with E-state index in [0.717, 1.165) is 5.56 Å². The molecule has 98 valence electrons. The van der Waals surface area contributed by atoms with Crippen molar-refractivity contribution < 1.29 is 9.53 Å². The first-order chi connectivity index (χ1) is 9.20. The van der Waals surface area contributed by atoms with Crippen LogP contribution in [0.1, 0.15) is 15.9 Å². The number of rotatable bonds is 5. The molecule has 2 aromatic rings. The van der Waals surface area contributed by atoms with E-state index in [1.54, 1.807) is 31.6 Å². The Morgan fingerprint density at radius 3 is 2.74 bits per heavy atom. The van der Waals surface area contributed by atoms with Crippen LogP contribution in [0.25, 0.3) is 0 Å². The zero-order valence-electron chi connectivity index (χ0n) is 10.8. The molecule has 5 heteroatoms. The van der Waals surface area contributed by atoms with Gasteiger partial charge >= 0.3 is 0 Å². The number of ether oxygens (including phenoxy) is 1. The highest BCUT2D eigenvalue weighted by atomic mass is 32.2. The van der Waals surface area contributed by atoms with Crippen LogP contribution in [0.2, 0.25) is 0 Å². The average Bonchev–Trinajstić information content (AvgIpc) is 2.45. The fourth-order valence-electron chi connectivity index (χ4n) is 1.60. The third-order valence-electron chi connectivity index (χ3n) is 2.53. The number of hydrogen-bond donors (Lipinski definition) is 0. The van der Waals surface area contributed by atoms with Crippen molar-refractivity contribution in [3.8, 4) is 5.75 Å². The maximum atomic E-state index is 12.2. The van der Waals surface area contributed by atoms with Crippen LogP contribution >= 0.6 is 11.8 Å². The highest BCUT2D eigenvalue weighted by Crippen LogP contribution is 2.23. The number of aromatic nitrogens is 2. The first kappa shape index (κ1) is 13.5. The molecule has 1 aromatic carbocycles. The van der Waals surface area contributed by atoms with Gasteiger partial charge < -0.3 is 4.74 Å². The molecule has 0 N–H and O–H groups in total. The standard InChI is InChI=1S/C14H14N2O2S/c1-10-4-5-11(13(8-10)18-2)12(17)9-19-14-15-6-3-7-16-14/h3-8H,9H2,1-2H3. The second kappa shape index (κ2) is 6.33. The second-order valence-electron chi connectivity index (χ2n) is 3.95. The molecule has 19 heavy (non-hydrogen) atoms. The molecule has 0 radical (unpaired) electrons. The minimum atomic E-state index is 0.00861. The molecule has 0 saturated heterocycles. The van der Waals surface area contributed by atoms with Gasteiger partial charge in [0, 0.05) is 12.4 Å². The van der Waals surface area contributed by atoms with Gasteiger partial charge in [0.15, 0.2) is 10.9 Å². The minimum Gasteiger partial charge on any atom is -0.496 e. The van der Waals surface area contributed by atoms with Gasteiger partial charge in [-0.05, 0) is 30.7 Å². The summed E-state index contributed by atoms with van der Waals surface area (Å²) in [5.74, 6) is 0.914.